The fourth-order valence-electron chi connectivity index (χ4n) is 6.97. The lowest BCUT2D eigenvalue weighted by atomic mass is 9.77. The lowest BCUT2D eigenvalue weighted by Gasteiger charge is -2.34. The van der Waals surface area contributed by atoms with Crippen molar-refractivity contribution in [3.8, 4) is 11.6 Å². The third-order valence-electron chi connectivity index (χ3n) is 10.2. The van der Waals surface area contributed by atoms with Crippen molar-refractivity contribution >= 4 is 44.4 Å². The average Bonchev–Trinajstić information content (AvgIpc) is 3.97. The number of ketones is 1. The summed E-state index contributed by atoms with van der Waals surface area (Å²) in [5.74, 6) is -2.23. The van der Waals surface area contributed by atoms with Crippen molar-refractivity contribution in [2.45, 2.75) is 89.5 Å². The van der Waals surface area contributed by atoms with E-state index in [0.29, 0.717) is 43.9 Å². The number of carbonyl (C=O) groups excluding carboxylic acids is 4. The third-order valence-corrected chi connectivity index (χ3v) is 12.1. The van der Waals surface area contributed by atoms with Gasteiger partial charge in [0, 0.05) is 24.4 Å². The first-order valence-corrected chi connectivity index (χ1v) is 18.6. The normalized spacial score (nSPS) is 28.1. The predicted molar refractivity (Wildman–Crippen MR) is 180 cm³/mol. The Kier molecular flexibility index (Phi) is 9.51. The number of amides is 2. The number of allylic oxidation sites excluding steroid dienone is 1. The second-order valence-corrected chi connectivity index (χ2v) is 16.9. The van der Waals surface area contributed by atoms with E-state index in [1.807, 2.05) is 45.0 Å². The average molecular weight is 696 g/mol. The van der Waals surface area contributed by atoms with Crippen LogP contribution in [0.15, 0.2) is 43.1 Å². The molecule has 1 aromatic heterocycles. The van der Waals surface area contributed by atoms with Gasteiger partial charge >= 0.3 is 5.97 Å². The number of sulfonamides is 1. The third kappa shape index (κ3) is 7.46. The smallest absolute Gasteiger partial charge is 0.306 e. The maximum atomic E-state index is 14.4. The minimum absolute atomic E-state index is 0.0469. The number of nitrogens with one attached hydrogen (secondary N) is 1. The van der Waals surface area contributed by atoms with Crippen LogP contribution in [0.4, 0.5) is 0 Å². The molecule has 2 aliphatic heterocycles. The molecule has 0 spiro atoms. The number of carbonyl (C=O) groups is 4. The second kappa shape index (κ2) is 13.4. The molecule has 2 aromatic rings. The summed E-state index contributed by atoms with van der Waals surface area (Å²) in [5.41, 5.74) is -1.94. The molecule has 49 heavy (non-hydrogen) atoms. The molecule has 1 N–H and O–H groups in total. The predicted octanol–water partition coefficient (Wildman–Crippen LogP) is 4.11. The molecule has 2 saturated carbocycles. The molecule has 5 atom stereocenters. The van der Waals surface area contributed by atoms with Crippen molar-refractivity contribution in [3.05, 3.63) is 43.1 Å². The summed E-state index contributed by atoms with van der Waals surface area (Å²) in [6.45, 7) is 10.1. The minimum atomic E-state index is -3.84. The number of cyclic esters (lactones) is 1. The molecular formula is C36H45N3O9S. The molecule has 4 bridgehead atoms. The molecule has 12 nitrogen and oxygen atoms in total. The molecule has 13 heteroatoms. The highest BCUT2D eigenvalue weighted by atomic mass is 32.2. The van der Waals surface area contributed by atoms with Crippen LogP contribution < -0.4 is 14.2 Å². The Morgan fingerprint density at radius 2 is 1.86 bits per heavy atom. The molecule has 2 aliphatic carbocycles. The standard InChI is InChI=1S/C36H45N3O9S/c1-5-23-19-36(23,34(43)38-49(44,45)26-10-11-26)20-30(40)29-17-25-21-39(29)33(42)28(35(2,3)4)18-31(41)47-15-7-6-14-46-24-9-8-22-12-13-37-32(48-25)27(22)16-24/h5,8-9,12-13,16,23,25-26,28-29H,1,6-7,10-11,14-15,17-21H2,2-4H3,(H,38,43)/t23-,25-,28-,29+,36-/m1/s1. The van der Waals surface area contributed by atoms with Crippen LogP contribution in [0.5, 0.6) is 11.6 Å². The van der Waals surface area contributed by atoms with E-state index in [2.05, 4.69) is 16.3 Å². The zero-order valence-electron chi connectivity index (χ0n) is 28.3. The van der Waals surface area contributed by atoms with Crippen LogP contribution in [-0.2, 0) is 33.9 Å². The molecule has 0 radical (unpaired) electrons. The van der Waals surface area contributed by atoms with Gasteiger partial charge in [0.15, 0.2) is 5.78 Å². The highest BCUT2D eigenvalue weighted by Gasteiger charge is 2.61. The number of pyridine rings is 1. The maximum absolute atomic E-state index is 14.4. The zero-order chi connectivity index (χ0) is 35.1. The number of aromatic nitrogens is 1. The number of fused-ring (bicyclic) bond motifs is 3. The van der Waals surface area contributed by atoms with E-state index in [9.17, 15) is 27.6 Å². The number of Topliss-reactive ketones (excluding diaryl/α,β-unsaturated/α-hetero) is 1. The van der Waals surface area contributed by atoms with E-state index in [-0.39, 0.29) is 56.4 Å². The van der Waals surface area contributed by atoms with Gasteiger partial charge < -0.3 is 19.1 Å². The van der Waals surface area contributed by atoms with Crippen molar-refractivity contribution in [2.75, 3.05) is 19.8 Å². The van der Waals surface area contributed by atoms with Gasteiger partial charge in [-0.2, -0.15) is 0 Å². The molecule has 6 rings (SSSR count). The Labute approximate surface area is 287 Å². The summed E-state index contributed by atoms with van der Waals surface area (Å²) in [5, 5.41) is 0.994. The van der Waals surface area contributed by atoms with Gasteiger partial charge in [-0.05, 0) is 67.0 Å². The quantitative estimate of drug-likeness (QED) is 0.330. The monoisotopic (exact) mass is 695 g/mol. The van der Waals surface area contributed by atoms with Gasteiger partial charge in [-0.15, -0.1) is 6.58 Å². The Morgan fingerprint density at radius 1 is 1.12 bits per heavy atom. The Hall–Kier alpha value is -4.00. The Balaban J connectivity index is 1.32. The molecule has 0 unspecified atom stereocenters. The van der Waals surface area contributed by atoms with E-state index < -0.39 is 56.0 Å². The fraction of sp³-hybridized carbons (Fsp3) is 0.583. The molecular weight excluding hydrogens is 650 g/mol. The highest BCUT2D eigenvalue weighted by molar-refractivity contribution is 7.90. The number of ether oxygens (including phenoxy) is 3. The summed E-state index contributed by atoms with van der Waals surface area (Å²) in [7, 11) is -3.84. The van der Waals surface area contributed by atoms with Gasteiger partial charge in [-0.25, -0.2) is 13.4 Å². The van der Waals surface area contributed by atoms with Gasteiger partial charge in [0.05, 0.1) is 48.8 Å². The maximum Gasteiger partial charge on any atom is 0.306 e. The second-order valence-electron chi connectivity index (χ2n) is 14.9. The van der Waals surface area contributed by atoms with Gasteiger partial charge in [-0.3, -0.25) is 23.9 Å². The fourth-order valence-corrected chi connectivity index (χ4v) is 8.36. The topological polar surface area (TPSA) is 158 Å². The van der Waals surface area contributed by atoms with Crippen LogP contribution in [-0.4, -0.2) is 79.0 Å². The first-order valence-electron chi connectivity index (χ1n) is 17.1. The zero-order valence-corrected chi connectivity index (χ0v) is 29.1. The largest absolute Gasteiger partial charge is 0.494 e. The van der Waals surface area contributed by atoms with Crippen LogP contribution in [0, 0.1) is 22.7 Å². The van der Waals surface area contributed by atoms with E-state index in [1.54, 1.807) is 12.3 Å². The first-order chi connectivity index (χ1) is 23.2. The lowest BCUT2D eigenvalue weighted by molar-refractivity contribution is -0.153. The first kappa shape index (κ1) is 34.8. The van der Waals surface area contributed by atoms with E-state index in [1.165, 1.54) is 4.90 Å². The summed E-state index contributed by atoms with van der Waals surface area (Å²) in [6, 6.07) is 6.49. The lowest BCUT2D eigenvalue weighted by Crippen LogP contribution is -2.48. The van der Waals surface area contributed by atoms with Crippen LogP contribution in [0.2, 0.25) is 0 Å². The number of rotatable bonds is 7. The SMILES string of the molecule is C=C[C@@H]1C[C@]1(CC(=O)[C@@H]1C[C@@H]2CN1C(=O)[C@H](C(C)(C)C)CC(=O)OCCCCOc1ccc3ccnc(c3c1)O2)C(=O)NS(=O)(=O)C1CC1. The molecule has 264 valence electrons. The summed E-state index contributed by atoms with van der Waals surface area (Å²) in [6.07, 6.45) is 4.73. The Morgan fingerprint density at radius 3 is 2.53 bits per heavy atom. The van der Waals surface area contributed by atoms with Crippen molar-refractivity contribution < 1.29 is 41.8 Å². The van der Waals surface area contributed by atoms with Crippen LogP contribution in [0.1, 0.15) is 72.1 Å². The van der Waals surface area contributed by atoms with Crippen LogP contribution in [0.25, 0.3) is 10.8 Å². The van der Waals surface area contributed by atoms with Crippen LogP contribution >= 0.6 is 0 Å². The van der Waals surface area contributed by atoms with Crippen LogP contribution in [0.3, 0.4) is 0 Å². The van der Waals surface area contributed by atoms with E-state index >= 15 is 0 Å². The van der Waals surface area contributed by atoms with E-state index in [4.69, 9.17) is 14.2 Å². The van der Waals surface area contributed by atoms with Crippen molar-refractivity contribution in [3.63, 3.8) is 0 Å². The van der Waals surface area contributed by atoms with Gasteiger partial charge in [-0.1, -0.05) is 32.9 Å². The number of nitrogens with zero attached hydrogens (tertiary/aromatic N) is 2. The molecule has 2 amide bonds. The molecule has 3 heterocycles. The molecule has 1 aromatic carbocycles. The van der Waals surface area contributed by atoms with Gasteiger partial charge in [0.1, 0.15) is 11.9 Å². The van der Waals surface area contributed by atoms with Gasteiger partial charge in [0.2, 0.25) is 27.7 Å². The highest BCUT2D eigenvalue weighted by Crippen LogP contribution is 2.57. The van der Waals surface area contributed by atoms with E-state index in [0.717, 1.165) is 10.8 Å². The van der Waals surface area contributed by atoms with Gasteiger partial charge in [0.25, 0.3) is 0 Å². The minimum Gasteiger partial charge on any atom is -0.494 e. The number of esters is 1. The number of hydrogen-bond donors (Lipinski definition) is 1. The summed E-state index contributed by atoms with van der Waals surface area (Å²) in [4.78, 5) is 61.2. The number of benzene rings is 1. The summed E-state index contributed by atoms with van der Waals surface area (Å²) < 4.78 is 45.5. The van der Waals surface area contributed by atoms with Crippen molar-refractivity contribution in [1.29, 1.82) is 0 Å². The van der Waals surface area contributed by atoms with Crippen molar-refractivity contribution in [1.82, 2.24) is 14.6 Å². The molecule has 4 aliphatic rings. The molecule has 1 saturated heterocycles. The Bertz CT molecular complexity index is 1770. The molecule has 3 fully saturated rings. The van der Waals surface area contributed by atoms with Crippen molar-refractivity contribution in [2.24, 2.45) is 22.7 Å². The number of hydrogen-bond acceptors (Lipinski definition) is 10. The summed E-state index contributed by atoms with van der Waals surface area (Å²) >= 11 is 0.